The molecule has 5 nitrogen and oxygen atoms in total. The second-order valence-electron chi connectivity index (χ2n) is 5.72. The molecule has 122 valence electrons. The van der Waals surface area contributed by atoms with Crippen molar-refractivity contribution in [2.24, 2.45) is 0 Å². The quantitative estimate of drug-likeness (QED) is 0.829. The summed E-state index contributed by atoms with van der Waals surface area (Å²) in [6.45, 7) is 1.39. The first kappa shape index (κ1) is 16.7. The zero-order valence-corrected chi connectivity index (χ0v) is 13.5. The lowest BCUT2D eigenvalue weighted by Gasteiger charge is -2.25. The lowest BCUT2D eigenvalue weighted by atomic mass is 10.1. The van der Waals surface area contributed by atoms with E-state index in [1.54, 1.807) is 25.1 Å². The molecule has 1 heterocycles. The normalized spacial score (nSPS) is 21.9. The van der Waals surface area contributed by atoms with E-state index >= 15 is 0 Å². The first-order chi connectivity index (χ1) is 10.5. The van der Waals surface area contributed by atoms with Gasteiger partial charge in [-0.3, -0.25) is 9.69 Å². The third kappa shape index (κ3) is 3.56. The molecule has 0 aliphatic carbocycles. The van der Waals surface area contributed by atoms with Gasteiger partial charge in [-0.1, -0.05) is 0 Å². The summed E-state index contributed by atoms with van der Waals surface area (Å²) in [5.41, 5.74) is 0.0623. The minimum Gasteiger partial charge on any atom is -0.497 e. The third-order valence-corrected chi connectivity index (χ3v) is 4.22. The van der Waals surface area contributed by atoms with Crippen LogP contribution in [0.15, 0.2) is 18.2 Å². The predicted molar refractivity (Wildman–Crippen MR) is 81.7 cm³/mol. The zero-order chi connectivity index (χ0) is 16.3. The van der Waals surface area contributed by atoms with Crippen LogP contribution in [0.2, 0.25) is 0 Å². The van der Waals surface area contributed by atoms with E-state index in [0.29, 0.717) is 12.3 Å². The number of rotatable bonds is 5. The van der Waals surface area contributed by atoms with E-state index in [4.69, 9.17) is 9.47 Å². The summed E-state index contributed by atoms with van der Waals surface area (Å²) >= 11 is 0. The maximum atomic E-state index is 14.0. The van der Waals surface area contributed by atoms with Gasteiger partial charge < -0.3 is 14.4 Å². The Labute approximate surface area is 130 Å². The average Bonchev–Trinajstić information content (AvgIpc) is 2.86. The fourth-order valence-electron chi connectivity index (χ4n) is 2.81. The van der Waals surface area contributed by atoms with Crippen molar-refractivity contribution in [3.63, 3.8) is 0 Å². The Kier molecular flexibility index (Phi) is 5.37. The highest BCUT2D eigenvalue weighted by Crippen LogP contribution is 2.21. The van der Waals surface area contributed by atoms with Crippen LogP contribution in [0.5, 0.6) is 5.75 Å². The Bertz CT molecular complexity index is 538. The number of halogens is 1. The molecule has 6 heteroatoms. The fraction of sp³-hybridized carbons (Fsp3) is 0.562. The van der Waals surface area contributed by atoms with E-state index in [0.717, 1.165) is 13.0 Å². The van der Waals surface area contributed by atoms with Crippen LogP contribution in [0.3, 0.4) is 0 Å². The number of amides is 1. The van der Waals surface area contributed by atoms with E-state index in [1.165, 1.54) is 19.2 Å². The molecule has 1 aromatic carbocycles. The van der Waals surface area contributed by atoms with Crippen LogP contribution in [-0.2, 0) is 4.74 Å². The second kappa shape index (κ2) is 7.07. The van der Waals surface area contributed by atoms with Crippen molar-refractivity contribution in [2.45, 2.75) is 18.6 Å². The molecule has 2 rings (SSSR count). The van der Waals surface area contributed by atoms with E-state index in [9.17, 15) is 9.18 Å². The first-order valence-electron chi connectivity index (χ1n) is 7.28. The summed E-state index contributed by atoms with van der Waals surface area (Å²) in [4.78, 5) is 16.1. The Morgan fingerprint density at radius 3 is 2.73 bits per heavy atom. The summed E-state index contributed by atoms with van der Waals surface area (Å²) in [6, 6.07) is 4.50. The van der Waals surface area contributed by atoms with Crippen molar-refractivity contribution < 1.29 is 18.7 Å². The summed E-state index contributed by atoms with van der Waals surface area (Å²) in [7, 11) is 6.86. The molecule has 1 aromatic rings. The smallest absolute Gasteiger partial charge is 0.256 e. The number of ether oxygens (including phenoxy) is 2. The summed E-state index contributed by atoms with van der Waals surface area (Å²) in [5, 5.41) is 0. The van der Waals surface area contributed by atoms with Crippen LogP contribution < -0.4 is 4.74 Å². The molecule has 2 atom stereocenters. The van der Waals surface area contributed by atoms with Crippen molar-refractivity contribution in [1.82, 2.24) is 9.80 Å². The number of methoxy groups -OCH3 is 2. The van der Waals surface area contributed by atoms with Gasteiger partial charge in [-0.25, -0.2) is 4.39 Å². The van der Waals surface area contributed by atoms with Gasteiger partial charge in [-0.2, -0.15) is 0 Å². The minimum atomic E-state index is -0.564. The Hall–Kier alpha value is -1.66. The molecule has 0 spiro atoms. The van der Waals surface area contributed by atoms with Gasteiger partial charge in [0.25, 0.3) is 5.91 Å². The van der Waals surface area contributed by atoms with E-state index in [2.05, 4.69) is 4.90 Å². The maximum absolute atomic E-state index is 14.0. The second-order valence-corrected chi connectivity index (χ2v) is 5.72. The van der Waals surface area contributed by atoms with Crippen molar-refractivity contribution in [2.75, 3.05) is 41.4 Å². The fourth-order valence-corrected chi connectivity index (χ4v) is 2.81. The summed E-state index contributed by atoms with van der Waals surface area (Å²) in [5.74, 6) is -0.490. The largest absolute Gasteiger partial charge is 0.497 e. The Morgan fingerprint density at radius 2 is 2.18 bits per heavy atom. The lowest BCUT2D eigenvalue weighted by Crippen LogP contribution is -2.39. The topological polar surface area (TPSA) is 42.0 Å². The molecule has 1 saturated heterocycles. The number of benzene rings is 1. The number of hydrogen-bond donors (Lipinski definition) is 0. The Balaban J connectivity index is 2.03. The zero-order valence-electron chi connectivity index (χ0n) is 13.5. The summed E-state index contributed by atoms with van der Waals surface area (Å²) in [6.07, 6.45) is 1.06. The highest BCUT2D eigenvalue weighted by Gasteiger charge is 2.31. The molecule has 0 saturated carbocycles. The van der Waals surface area contributed by atoms with Gasteiger partial charge in [-0.05, 0) is 25.6 Å². The van der Waals surface area contributed by atoms with Crippen molar-refractivity contribution in [1.29, 1.82) is 0 Å². The summed E-state index contributed by atoms with van der Waals surface area (Å²) < 4.78 is 24.3. The molecule has 22 heavy (non-hydrogen) atoms. The van der Waals surface area contributed by atoms with E-state index in [1.807, 2.05) is 7.05 Å². The van der Waals surface area contributed by atoms with Crippen molar-refractivity contribution in [3.8, 4) is 5.75 Å². The molecule has 0 N–H and O–H groups in total. The van der Waals surface area contributed by atoms with Gasteiger partial charge in [0.05, 0.1) is 18.8 Å². The monoisotopic (exact) mass is 310 g/mol. The molecular weight excluding hydrogens is 287 g/mol. The number of likely N-dealkylation sites (N-methyl/N-ethyl adjacent to an activating group) is 2. The molecule has 1 aliphatic rings. The van der Waals surface area contributed by atoms with Crippen LogP contribution in [0.4, 0.5) is 4.39 Å². The number of hydrogen-bond acceptors (Lipinski definition) is 4. The van der Waals surface area contributed by atoms with Gasteiger partial charge >= 0.3 is 0 Å². The molecule has 0 unspecified atom stereocenters. The highest BCUT2D eigenvalue weighted by atomic mass is 19.1. The molecule has 0 aromatic heterocycles. The standard InChI is InChI=1S/C16H23FN2O3/c1-18-10-13(22-4)7-11(18)9-19(2)16(20)14-6-5-12(21-3)8-15(14)17/h5-6,8,11,13H,7,9-10H2,1-4H3/t11-,13-/m0/s1. The maximum Gasteiger partial charge on any atom is 0.256 e. The number of carbonyl (C=O) groups excluding carboxylic acids is 1. The van der Waals surface area contributed by atoms with Crippen molar-refractivity contribution in [3.05, 3.63) is 29.6 Å². The first-order valence-corrected chi connectivity index (χ1v) is 7.28. The third-order valence-electron chi connectivity index (χ3n) is 4.22. The lowest BCUT2D eigenvalue weighted by molar-refractivity contribution is 0.0755. The van der Waals surface area contributed by atoms with Gasteiger partial charge in [0.15, 0.2) is 0 Å². The van der Waals surface area contributed by atoms with Gasteiger partial charge in [0.2, 0.25) is 0 Å². The number of nitrogens with zero attached hydrogens (tertiary/aromatic N) is 2. The Morgan fingerprint density at radius 1 is 1.45 bits per heavy atom. The van der Waals surface area contributed by atoms with E-state index in [-0.39, 0.29) is 23.6 Å². The van der Waals surface area contributed by atoms with Crippen LogP contribution in [-0.4, -0.2) is 69.3 Å². The molecule has 0 radical (unpaired) electrons. The molecule has 1 amide bonds. The van der Waals surface area contributed by atoms with Crippen LogP contribution in [0.25, 0.3) is 0 Å². The van der Waals surface area contributed by atoms with Crippen LogP contribution in [0, 0.1) is 5.82 Å². The van der Waals surface area contributed by atoms with Gasteiger partial charge in [0.1, 0.15) is 11.6 Å². The number of carbonyl (C=O) groups is 1. The average molecular weight is 310 g/mol. The highest BCUT2D eigenvalue weighted by molar-refractivity contribution is 5.94. The van der Waals surface area contributed by atoms with Crippen molar-refractivity contribution >= 4 is 5.91 Å². The minimum absolute atomic E-state index is 0.0623. The van der Waals surface area contributed by atoms with E-state index < -0.39 is 5.82 Å². The SMILES string of the molecule is COc1ccc(C(=O)N(C)C[C@@H]2C[C@H](OC)CN2C)c(F)c1. The van der Waals surface area contributed by atoms with Crippen LogP contribution in [0.1, 0.15) is 16.8 Å². The molecule has 1 fully saturated rings. The van der Waals surface area contributed by atoms with Gasteiger partial charge in [0, 0.05) is 39.4 Å². The predicted octanol–water partition coefficient (Wildman–Crippen LogP) is 1.63. The molecule has 0 bridgehead atoms. The number of likely N-dealkylation sites (tertiary alicyclic amines) is 1. The molecule has 1 aliphatic heterocycles. The molecular formula is C16H23FN2O3. The van der Waals surface area contributed by atoms with Gasteiger partial charge in [-0.15, -0.1) is 0 Å². The van der Waals surface area contributed by atoms with Crippen LogP contribution >= 0.6 is 0 Å².